The Morgan fingerprint density at radius 3 is 2.11 bits per heavy atom. The second kappa shape index (κ2) is 20.5. The average Bonchev–Trinajstić information content (AvgIpc) is 3.89. The van der Waals surface area contributed by atoms with Crippen LogP contribution in [0.1, 0.15) is 54.4 Å². The SMILES string of the molecule is Cn1cc(NC(=O)c2ccc(/C=C/c3ccncc3)cc2)cc1C(=O)Nc1cc(C(=O)NCCN2CCOCC2)n(CCCN2CCN(Cc3cccc4ccccc34)CC2)c1. The minimum absolute atomic E-state index is 0.178. The van der Waals surface area contributed by atoms with Crippen LogP contribution >= 0.6 is 0 Å². The van der Waals surface area contributed by atoms with E-state index in [4.69, 9.17) is 4.74 Å². The monoisotopic (exact) mass is 833 g/mol. The van der Waals surface area contributed by atoms with Gasteiger partial charge in [-0.1, -0.05) is 66.7 Å². The first-order valence-electron chi connectivity index (χ1n) is 21.5. The zero-order valence-corrected chi connectivity index (χ0v) is 35.3. The first-order chi connectivity index (χ1) is 30.3. The largest absolute Gasteiger partial charge is 0.379 e. The van der Waals surface area contributed by atoms with Crippen molar-refractivity contribution in [1.82, 2.24) is 34.1 Å². The second-order valence-electron chi connectivity index (χ2n) is 16.0. The molecule has 3 N–H and O–H groups in total. The predicted octanol–water partition coefficient (Wildman–Crippen LogP) is 6.32. The van der Waals surface area contributed by atoms with Crippen molar-refractivity contribution in [2.75, 3.05) is 82.8 Å². The Hall–Kier alpha value is -6.38. The quantitative estimate of drug-likeness (QED) is 0.103. The number of benzene rings is 3. The number of pyridine rings is 1. The number of ether oxygens (including phenoxy) is 1. The Kier molecular flexibility index (Phi) is 14.0. The van der Waals surface area contributed by atoms with E-state index >= 15 is 0 Å². The van der Waals surface area contributed by atoms with Crippen LogP contribution in [0.2, 0.25) is 0 Å². The zero-order valence-electron chi connectivity index (χ0n) is 35.3. The number of nitrogens with one attached hydrogen (secondary N) is 3. The zero-order chi connectivity index (χ0) is 42.7. The van der Waals surface area contributed by atoms with Gasteiger partial charge in [-0.25, -0.2) is 0 Å². The number of aromatic nitrogens is 3. The number of hydrogen-bond acceptors (Lipinski definition) is 8. The van der Waals surface area contributed by atoms with E-state index in [9.17, 15) is 14.4 Å². The number of piperazine rings is 1. The first-order valence-corrected chi connectivity index (χ1v) is 21.5. The highest BCUT2D eigenvalue weighted by Crippen LogP contribution is 2.22. The van der Waals surface area contributed by atoms with E-state index in [2.05, 4.69) is 78.1 Å². The number of fused-ring (bicyclic) bond motifs is 1. The standard InChI is InChI=1S/C49H55N9O4/c1-54-35-42(52-47(59)40-14-12-37(13-15-40)10-11-38-16-18-50-19-17-38)32-45(54)49(61)53-43-33-46(48(60)51-20-23-56-28-30-62-31-29-56)58(36-43)22-5-21-55-24-26-57(27-25-55)34-41-8-4-7-39-6-2-3-9-44(39)41/h2-4,6-19,32-33,35-36H,5,20-31,34H2,1H3,(H,51,60)(H,52,59)(H,53,61)/b11-10+. The van der Waals surface area contributed by atoms with E-state index in [0.717, 1.165) is 76.5 Å². The van der Waals surface area contributed by atoms with Gasteiger partial charge in [0.1, 0.15) is 11.4 Å². The number of anilines is 2. The van der Waals surface area contributed by atoms with Crippen molar-refractivity contribution in [3.63, 3.8) is 0 Å². The number of carbonyl (C=O) groups is 3. The molecule has 3 amide bonds. The van der Waals surface area contributed by atoms with Crippen LogP contribution < -0.4 is 16.0 Å². The number of nitrogens with zero attached hydrogens (tertiary/aromatic N) is 6. The van der Waals surface area contributed by atoms with Crippen LogP contribution in [0, 0.1) is 0 Å². The summed E-state index contributed by atoms with van der Waals surface area (Å²) in [5.74, 6) is -0.810. The molecule has 320 valence electrons. The summed E-state index contributed by atoms with van der Waals surface area (Å²) in [6.07, 6.45) is 11.9. The van der Waals surface area contributed by atoms with Crippen LogP contribution in [0.15, 0.2) is 116 Å². The van der Waals surface area contributed by atoms with Gasteiger partial charge in [0.25, 0.3) is 17.7 Å². The lowest BCUT2D eigenvalue weighted by Gasteiger charge is -2.35. The van der Waals surface area contributed by atoms with Gasteiger partial charge in [-0.05, 0) is 76.8 Å². The molecule has 2 aliphatic rings. The smallest absolute Gasteiger partial charge is 0.272 e. The molecule has 0 spiro atoms. The summed E-state index contributed by atoms with van der Waals surface area (Å²) in [5, 5.41) is 11.6. The molecule has 6 aromatic rings. The number of morpholine rings is 1. The van der Waals surface area contributed by atoms with Crippen LogP contribution in [0.4, 0.5) is 11.4 Å². The Bertz CT molecular complexity index is 2470. The first kappa shape index (κ1) is 42.3. The van der Waals surface area contributed by atoms with Crippen molar-refractivity contribution in [2.45, 2.75) is 19.5 Å². The molecule has 0 saturated carbocycles. The lowest BCUT2D eigenvalue weighted by molar-refractivity contribution is 0.0383. The van der Waals surface area contributed by atoms with Gasteiger partial charge in [-0.2, -0.15) is 0 Å². The van der Waals surface area contributed by atoms with Gasteiger partial charge in [-0.15, -0.1) is 0 Å². The molecule has 2 fully saturated rings. The fraction of sp³-hybridized carbons (Fsp3) is 0.306. The van der Waals surface area contributed by atoms with Crippen molar-refractivity contribution in [2.24, 2.45) is 7.05 Å². The lowest BCUT2D eigenvalue weighted by atomic mass is 10.0. The number of amides is 3. The molecule has 2 aliphatic heterocycles. The van der Waals surface area contributed by atoms with Crippen molar-refractivity contribution in [1.29, 1.82) is 0 Å². The molecule has 13 nitrogen and oxygen atoms in total. The third-order valence-electron chi connectivity index (χ3n) is 11.7. The number of aryl methyl sites for hydroxylation is 2. The number of rotatable bonds is 16. The molecule has 13 heteroatoms. The molecule has 3 aromatic heterocycles. The Labute approximate surface area is 363 Å². The molecule has 8 rings (SSSR count). The van der Waals surface area contributed by atoms with E-state index in [1.165, 1.54) is 16.3 Å². The van der Waals surface area contributed by atoms with Gasteiger partial charge in [-0.3, -0.25) is 29.2 Å². The highest BCUT2D eigenvalue weighted by molar-refractivity contribution is 6.07. The molecule has 0 unspecified atom stereocenters. The molecule has 5 heterocycles. The normalized spacial score (nSPS) is 15.2. The van der Waals surface area contributed by atoms with Gasteiger partial charge in [0.15, 0.2) is 0 Å². The molecule has 62 heavy (non-hydrogen) atoms. The molecule has 0 atom stereocenters. The third kappa shape index (κ3) is 11.1. The van der Waals surface area contributed by atoms with Gasteiger partial charge in [0, 0.05) is 103 Å². The molecule has 0 bridgehead atoms. The summed E-state index contributed by atoms with van der Waals surface area (Å²) in [6, 6.07) is 29.7. The highest BCUT2D eigenvalue weighted by Gasteiger charge is 2.21. The van der Waals surface area contributed by atoms with E-state index < -0.39 is 0 Å². The fourth-order valence-corrected chi connectivity index (χ4v) is 8.17. The van der Waals surface area contributed by atoms with Crippen molar-refractivity contribution in [3.05, 3.63) is 149 Å². The Balaban J connectivity index is 0.868. The van der Waals surface area contributed by atoms with Crippen LogP contribution in [0.25, 0.3) is 22.9 Å². The Morgan fingerprint density at radius 1 is 0.661 bits per heavy atom. The summed E-state index contributed by atoms with van der Waals surface area (Å²) in [7, 11) is 1.76. The van der Waals surface area contributed by atoms with E-state index in [1.807, 2.05) is 47.2 Å². The number of carbonyl (C=O) groups excluding carboxylic acids is 3. The predicted molar refractivity (Wildman–Crippen MR) is 245 cm³/mol. The maximum Gasteiger partial charge on any atom is 0.272 e. The lowest BCUT2D eigenvalue weighted by Crippen LogP contribution is -2.46. The van der Waals surface area contributed by atoms with Crippen LogP contribution in [0.5, 0.6) is 0 Å². The molecule has 0 radical (unpaired) electrons. The van der Waals surface area contributed by atoms with Crippen LogP contribution in [-0.4, -0.2) is 119 Å². The topological polar surface area (TPSA) is 129 Å². The minimum atomic E-state index is -0.351. The fourth-order valence-electron chi connectivity index (χ4n) is 8.17. The van der Waals surface area contributed by atoms with Gasteiger partial charge in [0.05, 0.1) is 24.6 Å². The van der Waals surface area contributed by atoms with E-state index in [-0.39, 0.29) is 17.7 Å². The van der Waals surface area contributed by atoms with E-state index in [0.29, 0.717) is 54.6 Å². The van der Waals surface area contributed by atoms with E-state index in [1.54, 1.807) is 54.5 Å². The van der Waals surface area contributed by atoms with Gasteiger partial charge < -0.3 is 34.7 Å². The third-order valence-corrected chi connectivity index (χ3v) is 11.7. The maximum absolute atomic E-state index is 13.7. The van der Waals surface area contributed by atoms with Gasteiger partial charge >= 0.3 is 0 Å². The molecule has 0 aliphatic carbocycles. The van der Waals surface area contributed by atoms with Crippen LogP contribution in [0.3, 0.4) is 0 Å². The summed E-state index contributed by atoms with van der Waals surface area (Å²) in [4.78, 5) is 51.8. The van der Waals surface area contributed by atoms with Crippen molar-refractivity contribution in [3.8, 4) is 0 Å². The molecular formula is C49H55N9O4. The van der Waals surface area contributed by atoms with Gasteiger partial charge in [0.2, 0.25) is 0 Å². The summed E-state index contributed by atoms with van der Waals surface area (Å²) < 4.78 is 9.10. The number of hydrogen-bond donors (Lipinski definition) is 3. The van der Waals surface area contributed by atoms with Crippen LogP contribution in [-0.2, 0) is 24.9 Å². The molecule has 3 aromatic carbocycles. The highest BCUT2D eigenvalue weighted by atomic mass is 16.5. The summed E-state index contributed by atoms with van der Waals surface area (Å²) in [6.45, 7) is 10.8. The summed E-state index contributed by atoms with van der Waals surface area (Å²) >= 11 is 0. The molecule has 2 saturated heterocycles. The maximum atomic E-state index is 13.7. The second-order valence-corrected chi connectivity index (χ2v) is 16.0. The molecular weight excluding hydrogens is 779 g/mol. The summed E-state index contributed by atoms with van der Waals surface area (Å²) in [5.41, 5.74) is 5.75. The van der Waals surface area contributed by atoms with Crippen molar-refractivity contribution < 1.29 is 19.1 Å². The van der Waals surface area contributed by atoms with Crippen molar-refractivity contribution >= 4 is 52.0 Å². The minimum Gasteiger partial charge on any atom is -0.379 e. The average molecular weight is 834 g/mol. The Morgan fingerprint density at radius 2 is 1.32 bits per heavy atom.